The maximum Gasteiger partial charge on any atom is 0.126 e. The Balaban J connectivity index is -0.000000481. The van der Waals surface area contributed by atoms with Crippen LogP contribution in [0.3, 0.4) is 0 Å². The first kappa shape index (κ1) is 31.0. The fourth-order valence-electron chi connectivity index (χ4n) is 3.27. The van der Waals surface area contributed by atoms with Crippen molar-refractivity contribution in [3.63, 3.8) is 0 Å². The molecule has 0 aromatic heterocycles. The lowest BCUT2D eigenvalue weighted by Gasteiger charge is -2.17. The van der Waals surface area contributed by atoms with Crippen LogP contribution in [0.4, 0.5) is 4.39 Å². The molecule has 3 rings (SSSR count). The van der Waals surface area contributed by atoms with E-state index < -0.39 is 0 Å². The van der Waals surface area contributed by atoms with Gasteiger partial charge in [-0.25, -0.2) is 4.39 Å². The third kappa shape index (κ3) is 10.1. The second-order valence-corrected chi connectivity index (χ2v) is 7.63. The van der Waals surface area contributed by atoms with Gasteiger partial charge in [-0.15, -0.1) is 0 Å². The minimum Gasteiger partial charge on any atom is -0.412 e. The molecule has 176 valence electrons. The molecule has 0 heterocycles. The van der Waals surface area contributed by atoms with Crippen LogP contribution >= 0.6 is 0 Å². The Kier molecular flexibility index (Phi) is 16.4. The molecule has 0 saturated heterocycles. The predicted octanol–water partition coefficient (Wildman–Crippen LogP) is 7.19. The number of aliphatic hydroxyl groups excluding tert-OH is 1. The molecule has 2 aromatic carbocycles. The molecule has 1 atom stereocenters. The van der Waals surface area contributed by atoms with Gasteiger partial charge in [0.1, 0.15) is 5.82 Å². The van der Waals surface area contributed by atoms with E-state index in [0.717, 1.165) is 24.7 Å². The fourth-order valence-corrected chi connectivity index (χ4v) is 3.27. The van der Waals surface area contributed by atoms with E-state index in [-0.39, 0.29) is 12.7 Å². The maximum atomic E-state index is 12.6. The van der Waals surface area contributed by atoms with Crippen LogP contribution in [0.1, 0.15) is 58.3 Å². The topological polar surface area (TPSA) is 51.7 Å². The van der Waals surface area contributed by atoms with Gasteiger partial charge in [-0.3, -0.25) is 0 Å². The zero-order chi connectivity index (χ0) is 23.3. The molecule has 0 fully saturated rings. The van der Waals surface area contributed by atoms with Gasteiger partial charge in [-0.05, 0) is 61.8 Å². The summed E-state index contributed by atoms with van der Waals surface area (Å²) in [6.45, 7) is 16.7. The monoisotopic (exact) mass is 432 g/mol. The first-order chi connectivity index (χ1) is 14.3. The minimum atomic E-state index is -0.116. The number of hydrogen-bond acceptors (Lipinski definition) is 1. The van der Waals surface area contributed by atoms with Gasteiger partial charge in [-0.1, -0.05) is 99.9 Å². The molecule has 31 heavy (non-hydrogen) atoms. The van der Waals surface area contributed by atoms with Crippen LogP contribution < -0.4 is 0 Å². The van der Waals surface area contributed by atoms with E-state index in [9.17, 15) is 4.39 Å². The van der Waals surface area contributed by atoms with Gasteiger partial charge in [-0.2, -0.15) is 0 Å². The van der Waals surface area contributed by atoms with Crippen molar-refractivity contribution in [1.29, 1.82) is 0 Å². The van der Waals surface area contributed by atoms with Crippen molar-refractivity contribution in [3.05, 3.63) is 93.8 Å². The molecule has 0 spiro atoms. The van der Waals surface area contributed by atoms with E-state index in [1.165, 1.54) is 17.2 Å². The van der Waals surface area contributed by atoms with E-state index in [1.807, 2.05) is 26.8 Å². The average Bonchev–Trinajstić information content (AvgIpc) is 3.12. The van der Waals surface area contributed by atoms with Gasteiger partial charge in [0.05, 0.1) is 0 Å². The van der Waals surface area contributed by atoms with Crippen LogP contribution in [0.15, 0.2) is 65.8 Å². The van der Waals surface area contributed by atoms with Gasteiger partial charge in [0.2, 0.25) is 0 Å². The third-order valence-corrected chi connectivity index (χ3v) is 5.28. The van der Waals surface area contributed by atoms with Crippen molar-refractivity contribution in [2.75, 3.05) is 7.11 Å². The quantitative estimate of drug-likeness (QED) is 0.548. The van der Waals surface area contributed by atoms with E-state index in [2.05, 4.69) is 64.1 Å². The number of halogens is 1. The Morgan fingerprint density at radius 3 is 1.90 bits per heavy atom. The van der Waals surface area contributed by atoms with Gasteiger partial charge < -0.3 is 10.6 Å². The summed E-state index contributed by atoms with van der Waals surface area (Å²) in [6, 6.07) is 14.0. The first-order valence-corrected chi connectivity index (χ1v) is 10.9. The SMILES string of the molecule is CC.CO.Cc1ccc(CC2=CC=C(C(C)C)C2C)cc1.Cc1cccc(F)c1C.O.[HH]. The van der Waals surface area contributed by atoms with Gasteiger partial charge in [0, 0.05) is 8.54 Å². The van der Waals surface area contributed by atoms with E-state index >= 15 is 0 Å². The summed E-state index contributed by atoms with van der Waals surface area (Å²) in [4.78, 5) is 0. The van der Waals surface area contributed by atoms with Crippen molar-refractivity contribution in [2.45, 2.75) is 61.8 Å². The summed E-state index contributed by atoms with van der Waals surface area (Å²) in [7, 11) is 1.00. The molecular weight excluding hydrogens is 387 g/mol. The predicted molar refractivity (Wildman–Crippen MR) is 136 cm³/mol. The van der Waals surface area contributed by atoms with Crippen LogP contribution in [0.25, 0.3) is 0 Å². The molecule has 2 aromatic rings. The molecule has 1 unspecified atom stereocenters. The van der Waals surface area contributed by atoms with Crippen molar-refractivity contribution in [2.24, 2.45) is 11.8 Å². The smallest absolute Gasteiger partial charge is 0.126 e. The lowest BCUT2D eigenvalue weighted by molar-refractivity contribution is 0.399. The molecule has 0 amide bonds. The standard InChI is InChI=1S/C17H22.C8H9F.C2H6.CH4O.H2O.H2/c1-12(2)17-10-9-16(14(17)4)11-15-7-5-13(3)6-8-15;1-6-4-3-5-8(9)7(6)2;2*1-2;;/h5-10,12,14H,11H2,1-4H3;3-5H,1-2H3;1-2H3;2H,1H3;1H2;1H. The number of aryl methyl sites for hydroxylation is 2. The number of benzene rings is 2. The molecule has 0 bridgehead atoms. The fraction of sp³-hybridized carbons (Fsp3) is 0.429. The highest BCUT2D eigenvalue weighted by molar-refractivity contribution is 5.38. The van der Waals surface area contributed by atoms with Crippen molar-refractivity contribution < 1.29 is 16.4 Å². The van der Waals surface area contributed by atoms with Gasteiger partial charge in [0.15, 0.2) is 0 Å². The van der Waals surface area contributed by atoms with Crippen molar-refractivity contribution in [3.8, 4) is 0 Å². The minimum absolute atomic E-state index is 0. The lowest BCUT2D eigenvalue weighted by atomic mass is 9.87. The molecule has 1 aliphatic rings. The summed E-state index contributed by atoms with van der Waals surface area (Å²) in [5.41, 5.74) is 7.65. The maximum absolute atomic E-state index is 12.6. The Morgan fingerprint density at radius 1 is 0.935 bits per heavy atom. The Labute approximate surface area is 191 Å². The Bertz CT molecular complexity index is 788. The number of rotatable bonds is 3. The van der Waals surface area contributed by atoms with Crippen LogP contribution in [-0.4, -0.2) is 17.7 Å². The number of hydrogen-bond donors (Lipinski definition) is 1. The molecule has 0 radical (unpaired) electrons. The summed E-state index contributed by atoms with van der Waals surface area (Å²) in [5, 5.41) is 7.00. The Morgan fingerprint density at radius 2 is 1.48 bits per heavy atom. The van der Waals surface area contributed by atoms with E-state index in [4.69, 9.17) is 5.11 Å². The summed E-state index contributed by atoms with van der Waals surface area (Å²) in [6.07, 6.45) is 5.73. The Hall–Kier alpha value is -2.23. The first-order valence-electron chi connectivity index (χ1n) is 10.9. The zero-order valence-electron chi connectivity index (χ0n) is 20.9. The zero-order valence-corrected chi connectivity index (χ0v) is 20.9. The summed E-state index contributed by atoms with van der Waals surface area (Å²) < 4.78 is 12.6. The summed E-state index contributed by atoms with van der Waals surface area (Å²) >= 11 is 0. The molecule has 1 aliphatic carbocycles. The number of aliphatic hydroxyl groups is 1. The van der Waals surface area contributed by atoms with Crippen LogP contribution in [0.2, 0.25) is 0 Å². The molecule has 2 nitrogen and oxygen atoms in total. The average molecular weight is 433 g/mol. The molecule has 3 heteroatoms. The van der Waals surface area contributed by atoms with Crippen molar-refractivity contribution in [1.82, 2.24) is 0 Å². The van der Waals surface area contributed by atoms with Crippen LogP contribution in [0.5, 0.6) is 0 Å². The van der Waals surface area contributed by atoms with E-state index in [1.54, 1.807) is 24.1 Å². The lowest BCUT2D eigenvalue weighted by Crippen LogP contribution is -2.06. The van der Waals surface area contributed by atoms with Crippen LogP contribution in [-0.2, 0) is 6.42 Å². The third-order valence-electron chi connectivity index (χ3n) is 5.28. The second kappa shape index (κ2) is 16.5. The van der Waals surface area contributed by atoms with Crippen LogP contribution in [0, 0.1) is 38.4 Å². The van der Waals surface area contributed by atoms with E-state index in [0.29, 0.717) is 11.8 Å². The highest BCUT2D eigenvalue weighted by atomic mass is 19.1. The molecule has 3 N–H and O–H groups in total. The highest BCUT2D eigenvalue weighted by Gasteiger charge is 2.20. The van der Waals surface area contributed by atoms with Gasteiger partial charge >= 0.3 is 0 Å². The van der Waals surface area contributed by atoms with Crippen molar-refractivity contribution >= 4 is 0 Å². The van der Waals surface area contributed by atoms with Gasteiger partial charge in [0.25, 0.3) is 0 Å². The molecule has 0 saturated carbocycles. The normalized spacial score (nSPS) is 13.9. The number of allylic oxidation sites excluding steroid dienone is 4. The summed E-state index contributed by atoms with van der Waals surface area (Å²) in [5.74, 6) is 1.17. The largest absolute Gasteiger partial charge is 0.412 e. The molecule has 0 aliphatic heterocycles. The second-order valence-electron chi connectivity index (χ2n) is 7.63. The molecular formula is C28H45FO2. The highest BCUT2D eigenvalue weighted by Crippen LogP contribution is 2.33.